The van der Waals surface area contributed by atoms with E-state index in [0.717, 1.165) is 6.54 Å². The van der Waals surface area contributed by atoms with Crippen molar-refractivity contribution in [1.29, 1.82) is 0 Å². The van der Waals surface area contributed by atoms with Gasteiger partial charge in [-0.3, -0.25) is 0 Å². The average molecular weight is 245 g/mol. The maximum Gasteiger partial charge on any atom is 0.0911 e. The minimum Gasteiger partial charge on any atom is -0.325 e. The van der Waals surface area contributed by atoms with Gasteiger partial charge in [0.25, 0.3) is 0 Å². The highest BCUT2D eigenvalue weighted by molar-refractivity contribution is 5.47. The van der Waals surface area contributed by atoms with Crippen LogP contribution in [0.15, 0.2) is 30.8 Å². The van der Waals surface area contributed by atoms with Gasteiger partial charge in [0.15, 0.2) is 0 Å². The van der Waals surface area contributed by atoms with Crippen molar-refractivity contribution in [3.8, 4) is 0 Å². The number of hydrogen-bond donors (Lipinski definition) is 1. The first-order valence-electron chi connectivity index (χ1n) is 6.97. The summed E-state index contributed by atoms with van der Waals surface area (Å²) in [7, 11) is 2.39. The monoisotopic (exact) mass is 245 g/mol. The highest BCUT2D eigenvalue weighted by atomic mass is 15.3. The summed E-state index contributed by atoms with van der Waals surface area (Å²) < 4.78 is 1.20. The Morgan fingerprint density at radius 3 is 2.72 bits per heavy atom. The van der Waals surface area contributed by atoms with Gasteiger partial charge >= 0.3 is 0 Å². The van der Waals surface area contributed by atoms with E-state index in [-0.39, 0.29) is 0 Å². The molecule has 18 heavy (non-hydrogen) atoms. The van der Waals surface area contributed by atoms with E-state index in [2.05, 4.69) is 43.2 Å². The van der Waals surface area contributed by atoms with Crippen molar-refractivity contribution in [2.24, 2.45) is 0 Å². The first kappa shape index (κ1) is 13.3. The zero-order valence-corrected chi connectivity index (χ0v) is 11.5. The molecular formula is C16H25N2+. The third kappa shape index (κ3) is 3.69. The highest BCUT2D eigenvalue weighted by Gasteiger charge is 2.22. The quantitative estimate of drug-likeness (QED) is 0.803. The Balaban J connectivity index is 1.90. The lowest BCUT2D eigenvalue weighted by atomic mass is 10.1. The predicted octanol–water partition coefficient (Wildman–Crippen LogP) is 2.31. The second-order valence-electron chi connectivity index (χ2n) is 5.59. The third-order valence-electron chi connectivity index (χ3n) is 4.04. The summed E-state index contributed by atoms with van der Waals surface area (Å²) in [5.74, 6) is 0. The van der Waals surface area contributed by atoms with Gasteiger partial charge in [-0.25, -0.2) is 0 Å². The summed E-state index contributed by atoms with van der Waals surface area (Å²) in [4.78, 5) is 0. The zero-order chi connectivity index (χ0) is 12.8. The number of likely N-dealkylation sites (N-methyl/N-ethyl adjacent to an activating group) is 1. The molecule has 1 atom stereocenters. The Labute approximate surface area is 111 Å². The van der Waals surface area contributed by atoms with E-state index < -0.39 is 0 Å². The van der Waals surface area contributed by atoms with E-state index >= 15 is 0 Å². The van der Waals surface area contributed by atoms with E-state index in [1.807, 2.05) is 6.08 Å². The van der Waals surface area contributed by atoms with Gasteiger partial charge < -0.3 is 9.80 Å². The van der Waals surface area contributed by atoms with Crippen LogP contribution in [0.1, 0.15) is 17.5 Å². The molecule has 2 nitrogen and oxygen atoms in total. The summed E-state index contributed by atoms with van der Waals surface area (Å²) in [5, 5.41) is 3.49. The van der Waals surface area contributed by atoms with Crippen molar-refractivity contribution >= 4 is 6.08 Å². The molecule has 2 heteroatoms. The molecule has 1 unspecified atom stereocenters. The molecule has 1 fully saturated rings. The van der Waals surface area contributed by atoms with Gasteiger partial charge in [0.1, 0.15) is 0 Å². The lowest BCUT2D eigenvalue weighted by molar-refractivity contribution is -0.907. The largest absolute Gasteiger partial charge is 0.325 e. The van der Waals surface area contributed by atoms with Crippen molar-refractivity contribution in [3.63, 3.8) is 0 Å². The number of benzene rings is 1. The summed E-state index contributed by atoms with van der Waals surface area (Å²) in [6, 6.07) is 8.79. The number of nitrogens with zero attached hydrogens (tertiary/aromatic N) is 1. The van der Waals surface area contributed by atoms with Crippen molar-refractivity contribution in [2.75, 3.05) is 39.8 Å². The van der Waals surface area contributed by atoms with Crippen LogP contribution in [0, 0.1) is 0 Å². The molecule has 0 bridgehead atoms. The minimum absolute atomic E-state index is 1.16. The molecule has 0 aliphatic carbocycles. The van der Waals surface area contributed by atoms with Crippen LogP contribution in [0.5, 0.6) is 0 Å². The number of rotatable bonds is 4. The molecule has 1 aromatic carbocycles. The van der Waals surface area contributed by atoms with Crippen molar-refractivity contribution in [2.45, 2.75) is 12.8 Å². The van der Waals surface area contributed by atoms with Gasteiger partial charge in [-0.05, 0) is 11.1 Å². The van der Waals surface area contributed by atoms with Crippen molar-refractivity contribution < 1.29 is 4.48 Å². The molecule has 0 saturated carbocycles. The number of hydrogen-bond acceptors (Lipinski definition) is 1. The maximum atomic E-state index is 3.79. The van der Waals surface area contributed by atoms with Crippen LogP contribution in [0.3, 0.4) is 0 Å². The van der Waals surface area contributed by atoms with Gasteiger partial charge in [0, 0.05) is 25.9 Å². The number of nitrogens with one attached hydrogen (secondary N) is 1. The lowest BCUT2D eigenvalue weighted by Crippen LogP contribution is -2.47. The molecule has 0 spiro atoms. The second kappa shape index (κ2) is 6.17. The average Bonchev–Trinajstić information content (AvgIpc) is 2.62. The SMILES string of the molecule is C=Cc1ccc(CC[N+]2(C)CCCNCC2)cc1. The smallest absolute Gasteiger partial charge is 0.0911 e. The maximum absolute atomic E-state index is 3.79. The van der Waals surface area contributed by atoms with Gasteiger partial charge in [-0.15, -0.1) is 0 Å². The molecule has 98 valence electrons. The molecule has 0 radical (unpaired) electrons. The Bertz CT molecular complexity index is 373. The molecular weight excluding hydrogens is 220 g/mol. The van der Waals surface area contributed by atoms with Crippen LogP contribution in [0.2, 0.25) is 0 Å². The first-order chi connectivity index (χ1) is 8.72. The van der Waals surface area contributed by atoms with Crippen LogP contribution >= 0.6 is 0 Å². The molecule has 1 heterocycles. The predicted molar refractivity (Wildman–Crippen MR) is 78.5 cm³/mol. The Hall–Kier alpha value is -1.12. The Morgan fingerprint density at radius 2 is 2.00 bits per heavy atom. The fourth-order valence-electron chi connectivity index (χ4n) is 2.61. The molecule has 1 saturated heterocycles. The van der Waals surface area contributed by atoms with Crippen molar-refractivity contribution in [3.05, 3.63) is 42.0 Å². The van der Waals surface area contributed by atoms with Gasteiger partial charge in [0.2, 0.25) is 0 Å². The summed E-state index contributed by atoms with van der Waals surface area (Å²) in [6.45, 7) is 9.94. The van der Waals surface area contributed by atoms with Gasteiger partial charge in [-0.1, -0.05) is 36.9 Å². The molecule has 1 aliphatic rings. The number of quaternary nitrogens is 1. The fraction of sp³-hybridized carbons (Fsp3) is 0.500. The molecule has 2 rings (SSSR count). The van der Waals surface area contributed by atoms with E-state index in [1.54, 1.807) is 0 Å². The summed E-state index contributed by atoms with van der Waals surface area (Å²) in [6.07, 6.45) is 4.37. The molecule has 0 amide bonds. The normalized spacial score (nSPS) is 24.5. The molecule has 1 aromatic rings. The van der Waals surface area contributed by atoms with Crippen LogP contribution in [0.4, 0.5) is 0 Å². The first-order valence-corrected chi connectivity index (χ1v) is 6.97. The minimum atomic E-state index is 1.16. The second-order valence-corrected chi connectivity index (χ2v) is 5.59. The topological polar surface area (TPSA) is 12.0 Å². The van der Waals surface area contributed by atoms with Crippen LogP contribution in [-0.2, 0) is 6.42 Å². The van der Waals surface area contributed by atoms with E-state index in [9.17, 15) is 0 Å². The van der Waals surface area contributed by atoms with Crippen LogP contribution < -0.4 is 5.32 Å². The summed E-state index contributed by atoms with van der Waals surface area (Å²) in [5.41, 5.74) is 2.65. The van der Waals surface area contributed by atoms with E-state index in [1.165, 1.54) is 54.6 Å². The van der Waals surface area contributed by atoms with Gasteiger partial charge in [0.05, 0.1) is 26.7 Å². The van der Waals surface area contributed by atoms with E-state index in [4.69, 9.17) is 0 Å². The zero-order valence-electron chi connectivity index (χ0n) is 11.5. The fourth-order valence-corrected chi connectivity index (χ4v) is 2.61. The molecule has 1 aliphatic heterocycles. The Kier molecular flexibility index (Phi) is 4.56. The standard InChI is InChI=1S/C16H25N2/c1-3-15-5-7-16(8-6-15)9-13-18(2)12-4-10-17-11-14-18/h3,5-8,17H,1,4,9-14H2,2H3/q+1. The third-order valence-corrected chi connectivity index (χ3v) is 4.04. The Morgan fingerprint density at radius 1 is 1.22 bits per heavy atom. The van der Waals surface area contributed by atoms with Crippen molar-refractivity contribution in [1.82, 2.24) is 5.32 Å². The lowest BCUT2D eigenvalue weighted by Gasteiger charge is -2.33. The van der Waals surface area contributed by atoms with Crippen LogP contribution in [0.25, 0.3) is 6.08 Å². The molecule has 0 aromatic heterocycles. The molecule has 1 N–H and O–H groups in total. The summed E-state index contributed by atoms with van der Waals surface area (Å²) >= 11 is 0. The van der Waals surface area contributed by atoms with E-state index in [0.29, 0.717) is 0 Å². The van der Waals surface area contributed by atoms with Gasteiger partial charge in [-0.2, -0.15) is 0 Å². The highest BCUT2D eigenvalue weighted by Crippen LogP contribution is 2.11. The van der Waals surface area contributed by atoms with Crippen LogP contribution in [-0.4, -0.2) is 44.3 Å².